The number of fused-ring (bicyclic) bond motifs is 1. The van der Waals surface area contributed by atoms with E-state index in [0.717, 1.165) is 10.8 Å². The van der Waals surface area contributed by atoms with Crippen LogP contribution in [-0.2, 0) is 15.1 Å². The molecule has 1 saturated heterocycles. The molecule has 3 rings (SSSR count). The van der Waals surface area contributed by atoms with Gasteiger partial charge < -0.3 is 9.84 Å². The van der Waals surface area contributed by atoms with Crippen molar-refractivity contribution in [3.8, 4) is 0 Å². The molecule has 1 aliphatic rings. The SMILES string of the molecule is CC(C)(C)OC(=O)N1CCCC1(C(=O)O)c1ccc2ccccc2c1. The van der Waals surface area contributed by atoms with Crippen molar-refractivity contribution in [1.29, 1.82) is 0 Å². The molecule has 1 unspecified atom stereocenters. The Balaban J connectivity index is 2.08. The molecular weight excluding hydrogens is 318 g/mol. The zero-order chi connectivity index (χ0) is 18.2. The molecule has 25 heavy (non-hydrogen) atoms. The Hall–Kier alpha value is -2.56. The standard InChI is InChI=1S/C20H23NO4/c1-19(2,3)25-18(24)21-12-6-11-20(21,17(22)23)16-10-9-14-7-4-5-8-15(14)13-16/h4-5,7-10,13H,6,11-12H2,1-3H3,(H,22,23). The minimum atomic E-state index is -1.38. The normalized spacial score (nSPS) is 20.7. The summed E-state index contributed by atoms with van der Waals surface area (Å²) < 4.78 is 5.46. The molecule has 5 heteroatoms. The van der Waals surface area contributed by atoms with Crippen molar-refractivity contribution in [2.24, 2.45) is 0 Å². The molecule has 1 atom stereocenters. The highest BCUT2D eigenvalue weighted by molar-refractivity contribution is 5.90. The van der Waals surface area contributed by atoms with Crippen LogP contribution in [0.3, 0.4) is 0 Å². The molecule has 2 aromatic carbocycles. The number of amides is 1. The third-order valence-corrected chi connectivity index (χ3v) is 4.58. The van der Waals surface area contributed by atoms with Gasteiger partial charge in [-0.15, -0.1) is 0 Å². The van der Waals surface area contributed by atoms with E-state index in [4.69, 9.17) is 4.74 Å². The molecule has 0 bridgehead atoms. The van der Waals surface area contributed by atoms with Crippen LogP contribution in [0.1, 0.15) is 39.2 Å². The fourth-order valence-electron chi connectivity index (χ4n) is 3.48. The second kappa shape index (κ2) is 6.06. The molecule has 0 saturated carbocycles. The average Bonchev–Trinajstić information content (AvgIpc) is 2.99. The number of hydrogen-bond acceptors (Lipinski definition) is 3. The van der Waals surface area contributed by atoms with E-state index in [1.54, 1.807) is 26.8 Å². The number of carboxylic acids is 1. The summed E-state index contributed by atoms with van der Waals surface area (Å²) in [4.78, 5) is 26.3. The van der Waals surface area contributed by atoms with Gasteiger partial charge in [0, 0.05) is 6.54 Å². The average molecular weight is 341 g/mol. The predicted octanol–water partition coefficient (Wildman–Crippen LogP) is 4.15. The third kappa shape index (κ3) is 3.06. The number of benzene rings is 2. The molecule has 1 aliphatic heterocycles. The molecular formula is C20H23NO4. The highest BCUT2D eigenvalue weighted by Gasteiger charge is 2.52. The Morgan fingerprint density at radius 1 is 1.12 bits per heavy atom. The van der Waals surface area contributed by atoms with E-state index in [0.29, 0.717) is 24.9 Å². The van der Waals surface area contributed by atoms with Crippen LogP contribution in [0.5, 0.6) is 0 Å². The Labute approximate surface area is 147 Å². The van der Waals surface area contributed by atoms with Gasteiger partial charge in [-0.3, -0.25) is 4.90 Å². The lowest BCUT2D eigenvalue weighted by Gasteiger charge is -2.36. The predicted molar refractivity (Wildman–Crippen MR) is 95.4 cm³/mol. The van der Waals surface area contributed by atoms with Crippen molar-refractivity contribution in [2.75, 3.05) is 6.54 Å². The van der Waals surface area contributed by atoms with E-state index < -0.39 is 23.2 Å². The summed E-state index contributed by atoms with van der Waals surface area (Å²) in [5.41, 5.74) is -1.44. The first kappa shape index (κ1) is 17.3. The zero-order valence-corrected chi connectivity index (χ0v) is 14.8. The first-order valence-electron chi connectivity index (χ1n) is 8.47. The Morgan fingerprint density at radius 3 is 2.44 bits per heavy atom. The first-order chi connectivity index (χ1) is 11.7. The summed E-state index contributed by atoms with van der Waals surface area (Å²) >= 11 is 0. The Morgan fingerprint density at radius 2 is 1.80 bits per heavy atom. The number of carbonyl (C=O) groups excluding carboxylic acids is 1. The van der Waals surface area contributed by atoms with Crippen LogP contribution < -0.4 is 0 Å². The fraction of sp³-hybridized carbons (Fsp3) is 0.400. The number of hydrogen-bond donors (Lipinski definition) is 1. The van der Waals surface area contributed by atoms with Crippen molar-refractivity contribution >= 4 is 22.8 Å². The molecule has 0 aliphatic carbocycles. The quantitative estimate of drug-likeness (QED) is 0.891. The Kier molecular flexibility index (Phi) is 4.19. The van der Waals surface area contributed by atoms with E-state index in [1.165, 1.54) is 4.90 Å². The lowest BCUT2D eigenvalue weighted by atomic mass is 9.86. The highest BCUT2D eigenvalue weighted by Crippen LogP contribution is 2.41. The van der Waals surface area contributed by atoms with E-state index in [9.17, 15) is 14.7 Å². The van der Waals surface area contributed by atoms with Crippen LogP contribution in [-0.4, -0.2) is 34.2 Å². The lowest BCUT2D eigenvalue weighted by Crippen LogP contribution is -2.52. The molecule has 5 nitrogen and oxygen atoms in total. The van der Waals surface area contributed by atoms with Crippen molar-refractivity contribution in [2.45, 2.75) is 44.8 Å². The smallest absolute Gasteiger partial charge is 0.411 e. The number of likely N-dealkylation sites (tertiary alicyclic amines) is 1. The van der Waals surface area contributed by atoms with Gasteiger partial charge in [0.2, 0.25) is 0 Å². The maximum atomic E-state index is 12.7. The monoisotopic (exact) mass is 341 g/mol. The Bertz CT molecular complexity index is 824. The van der Waals surface area contributed by atoms with Crippen molar-refractivity contribution < 1.29 is 19.4 Å². The van der Waals surface area contributed by atoms with E-state index in [1.807, 2.05) is 36.4 Å². The molecule has 1 heterocycles. The van der Waals surface area contributed by atoms with Crippen LogP contribution >= 0.6 is 0 Å². The molecule has 0 spiro atoms. The van der Waals surface area contributed by atoms with Crippen molar-refractivity contribution in [3.05, 3.63) is 48.0 Å². The number of nitrogens with zero attached hydrogens (tertiary/aromatic N) is 1. The third-order valence-electron chi connectivity index (χ3n) is 4.58. The topological polar surface area (TPSA) is 66.8 Å². The molecule has 1 amide bonds. The largest absolute Gasteiger partial charge is 0.479 e. The van der Waals surface area contributed by atoms with Gasteiger partial charge in [0.05, 0.1) is 0 Å². The number of rotatable bonds is 2. The fourth-order valence-corrected chi connectivity index (χ4v) is 3.48. The number of carboxylic acid groups (broad SMARTS) is 1. The van der Waals surface area contributed by atoms with Gasteiger partial charge in [0.15, 0.2) is 5.54 Å². The molecule has 1 fully saturated rings. The lowest BCUT2D eigenvalue weighted by molar-refractivity contribution is -0.150. The molecule has 2 aromatic rings. The second-order valence-corrected chi connectivity index (χ2v) is 7.46. The van der Waals surface area contributed by atoms with Crippen molar-refractivity contribution in [3.63, 3.8) is 0 Å². The van der Waals surface area contributed by atoms with Crippen LogP contribution in [0.4, 0.5) is 4.79 Å². The van der Waals surface area contributed by atoms with Crippen molar-refractivity contribution in [1.82, 2.24) is 4.90 Å². The van der Waals surface area contributed by atoms with Gasteiger partial charge in [-0.25, -0.2) is 9.59 Å². The molecule has 132 valence electrons. The van der Waals surface area contributed by atoms with E-state index in [2.05, 4.69) is 0 Å². The van der Waals surface area contributed by atoms with E-state index >= 15 is 0 Å². The first-order valence-corrected chi connectivity index (χ1v) is 8.47. The van der Waals surface area contributed by atoms with Gasteiger partial charge in [-0.2, -0.15) is 0 Å². The summed E-state index contributed by atoms with van der Waals surface area (Å²) in [6.07, 6.45) is 0.415. The second-order valence-electron chi connectivity index (χ2n) is 7.46. The summed E-state index contributed by atoms with van der Waals surface area (Å²) in [7, 11) is 0. The molecule has 0 aromatic heterocycles. The van der Waals surface area contributed by atoms with Crippen LogP contribution in [0.15, 0.2) is 42.5 Å². The van der Waals surface area contributed by atoms with E-state index in [-0.39, 0.29) is 0 Å². The maximum Gasteiger partial charge on any atom is 0.411 e. The van der Waals surface area contributed by atoms with Gasteiger partial charge >= 0.3 is 12.1 Å². The van der Waals surface area contributed by atoms with Crippen LogP contribution in [0.25, 0.3) is 10.8 Å². The van der Waals surface area contributed by atoms with Gasteiger partial charge in [0.25, 0.3) is 0 Å². The summed E-state index contributed by atoms with van der Waals surface area (Å²) in [6.45, 7) is 5.70. The number of aliphatic carboxylic acids is 1. The summed E-state index contributed by atoms with van der Waals surface area (Å²) in [6, 6.07) is 13.4. The minimum absolute atomic E-state index is 0.369. The van der Waals surface area contributed by atoms with Gasteiger partial charge in [0.1, 0.15) is 5.60 Å². The maximum absolute atomic E-state index is 12.7. The van der Waals surface area contributed by atoms with Crippen LogP contribution in [0.2, 0.25) is 0 Å². The zero-order valence-electron chi connectivity index (χ0n) is 14.8. The minimum Gasteiger partial charge on any atom is -0.479 e. The van der Waals surface area contributed by atoms with Gasteiger partial charge in [-0.05, 0) is 56.0 Å². The highest BCUT2D eigenvalue weighted by atomic mass is 16.6. The number of carbonyl (C=O) groups is 2. The van der Waals surface area contributed by atoms with Gasteiger partial charge in [-0.1, -0.05) is 36.4 Å². The van der Waals surface area contributed by atoms with Crippen LogP contribution in [0, 0.1) is 0 Å². The summed E-state index contributed by atoms with van der Waals surface area (Å²) in [5.74, 6) is -1.02. The summed E-state index contributed by atoms with van der Waals surface area (Å²) in [5, 5.41) is 12.0. The molecule has 1 N–H and O–H groups in total. The number of ether oxygens (including phenoxy) is 1. The molecule has 0 radical (unpaired) electrons.